The summed E-state index contributed by atoms with van der Waals surface area (Å²) in [4.78, 5) is 22.5. The molecule has 0 radical (unpaired) electrons. The highest BCUT2D eigenvalue weighted by Crippen LogP contribution is 2.48. The van der Waals surface area contributed by atoms with Crippen LogP contribution < -0.4 is 5.32 Å². The molecule has 1 rings (SSSR count). The molecule has 1 atom stereocenters. The first kappa shape index (κ1) is 15.6. The summed E-state index contributed by atoms with van der Waals surface area (Å²) < 4.78 is 43.9. The highest BCUT2D eigenvalue weighted by molar-refractivity contribution is 5.86. The van der Waals surface area contributed by atoms with Gasteiger partial charge < -0.3 is 9.84 Å². The van der Waals surface area contributed by atoms with Crippen LogP contribution in [-0.4, -0.2) is 34.5 Å². The maximum atomic E-state index is 13.1. The average Bonchev–Trinajstić information content (AvgIpc) is 2.91. The molecule has 8 heteroatoms. The second-order valence-electron chi connectivity index (χ2n) is 5.51. The molecular weight excluding hydrogens is 267 g/mol. The summed E-state index contributed by atoms with van der Waals surface area (Å²) in [5.74, 6) is -3.27. The zero-order valence-electron chi connectivity index (χ0n) is 10.8. The Morgan fingerprint density at radius 2 is 1.68 bits per heavy atom. The number of carbonyl (C=O) groups is 2. The van der Waals surface area contributed by atoms with Gasteiger partial charge in [-0.05, 0) is 33.6 Å². The van der Waals surface area contributed by atoms with Crippen LogP contribution in [0.25, 0.3) is 0 Å². The number of halogens is 3. The molecule has 0 spiro atoms. The Morgan fingerprint density at radius 3 is 1.95 bits per heavy atom. The van der Waals surface area contributed by atoms with E-state index in [0.717, 1.165) is 0 Å². The maximum absolute atomic E-state index is 13.1. The number of carbonyl (C=O) groups excluding carboxylic acids is 1. The number of nitrogens with one attached hydrogen (secondary N) is 1. The van der Waals surface area contributed by atoms with Crippen LogP contribution in [0.3, 0.4) is 0 Å². The molecule has 1 fully saturated rings. The first-order chi connectivity index (χ1) is 8.40. The quantitative estimate of drug-likeness (QED) is 0.833. The van der Waals surface area contributed by atoms with Gasteiger partial charge in [-0.2, -0.15) is 13.2 Å². The molecule has 2 N–H and O–H groups in total. The van der Waals surface area contributed by atoms with Crippen LogP contribution in [0.15, 0.2) is 0 Å². The van der Waals surface area contributed by atoms with Crippen LogP contribution in [0.4, 0.5) is 18.0 Å². The summed E-state index contributed by atoms with van der Waals surface area (Å²) in [6.07, 6.45) is -6.28. The molecule has 0 aromatic heterocycles. The molecule has 0 saturated heterocycles. The van der Waals surface area contributed by atoms with E-state index >= 15 is 0 Å². The number of amides is 1. The summed E-state index contributed by atoms with van der Waals surface area (Å²) in [6, 6.07) is 0. The van der Waals surface area contributed by atoms with Gasteiger partial charge in [-0.3, -0.25) is 5.32 Å². The van der Waals surface area contributed by atoms with Crippen molar-refractivity contribution in [1.82, 2.24) is 5.32 Å². The van der Waals surface area contributed by atoms with E-state index < -0.39 is 35.3 Å². The van der Waals surface area contributed by atoms with Crippen LogP contribution in [0.1, 0.15) is 33.6 Å². The van der Waals surface area contributed by atoms with Crippen molar-refractivity contribution < 1.29 is 32.6 Å². The van der Waals surface area contributed by atoms with E-state index in [0.29, 0.717) is 0 Å². The van der Waals surface area contributed by atoms with Gasteiger partial charge in [-0.25, -0.2) is 9.59 Å². The number of rotatable bonds is 3. The molecule has 0 aromatic carbocycles. The Labute approximate surface area is 108 Å². The number of hydrogen-bond acceptors (Lipinski definition) is 3. The van der Waals surface area contributed by atoms with Crippen molar-refractivity contribution in [2.75, 3.05) is 0 Å². The van der Waals surface area contributed by atoms with Crippen molar-refractivity contribution in [2.45, 2.75) is 50.9 Å². The lowest BCUT2D eigenvalue weighted by atomic mass is 9.92. The minimum atomic E-state index is -5.09. The van der Waals surface area contributed by atoms with Gasteiger partial charge in [0.25, 0.3) is 0 Å². The predicted octanol–water partition coefficient (Wildman–Crippen LogP) is 2.31. The molecule has 0 heterocycles. The minimum Gasteiger partial charge on any atom is -0.479 e. The van der Waals surface area contributed by atoms with Gasteiger partial charge in [-0.1, -0.05) is 0 Å². The van der Waals surface area contributed by atoms with Gasteiger partial charge in [0.15, 0.2) is 0 Å². The van der Waals surface area contributed by atoms with Crippen molar-refractivity contribution in [3.63, 3.8) is 0 Å². The van der Waals surface area contributed by atoms with Gasteiger partial charge in [0.05, 0.1) is 0 Å². The van der Waals surface area contributed by atoms with Crippen molar-refractivity contribution in [3.8, 4) is 0 Å². The SMILES string of the molecule is CC(C)(C)OC(=O)NC(C(=O)O)(C1CC1)C(F)(F)F. The molecule has 1 amide bonds. The van der Waals surface area contributed by atoms with Crippen LogP contribution in [0.2, 0.25) is 0 Å². The van der Waals surface area contributed by atoms with Gasteiger partial charge in [0, 0.05) is 5.92 Å². The van der Waals surface area contributed by atoms with E-state index in [-0.39, 0.29) is 12.8 Å². The predicted molar refractivity (Wildman–Crippen MR) is 58.5 cm³/mol. The molecular formula is C11H16F3NO4. The average molecular weight is 283 g/mol. The van der Waals surface area contributed by atoms with Crippen LogP contribution in [0.5, 0.6) is 0 Å². The minimum absolute atomic E-state index is 0.0988. The summed E-state index contributed by atoms with van der Waals surface area (Å²) in [6.45, 7) is 4.42. The zero-order chi connectivity index (χ0) is 15.1. The molecule has 5 nitrogen and oxygen atoms in total. The summed E-state index contributed by atoms with van der Waals surface area (Å²) in [7, 11) is 0. The monoisotopic (exact) mass is 283 g/mol. The van der Waals surface area contributed by atoms with E-state index in [1.807, 2.05) is 0 Å². The maximum Gasteiger partial charge on any atom is 0.422 e. The van der Waals surface area contributed by atoms with Crippen LogP contribution >= 0.6 is 0 Å². The molecule has 19 heavy (non-hydrogen) atoms. The first-order valence-corrected chi connectivity index (χ1v) is 5.71. The number of carboxylic acid groups (broad SMARTS) is 1. The number of aliphatic carboxylic acids is 1. The number of carboxylic acids is 1. The summed E-state index contributed by atoms with van der Waals surface area (Å²) in [5, 5.41) is 10.4. The van der Waals surface area contributed by atoms with Crippen molar-refractivity contribution in [1.29, 1.82) is 0 Å². The van der Waals surface area contributed by atoms with E-state index in [9.17, 15) is 22.8 Å². The topological polar surface area (TPSA) is 75.6 Å². The fraction of sp³-hybridized carbons (Fsp3) is 0.818. The van der Waals surface area contributed by atoms with Gasteiger partial charge in [0.1, 0.15) is 5.60 Å². The Morgan fingerprint density at radius 1 is 1.21 bits per heavy atom. The fourth-order valence-electron chi connectivity index (χ4n) is 1.73. The normalized spacial score (nSPS) is 19.5. The standard InChI is InChI=1S/C11H16F3NO4/c1-9(2,3)19-8(18)15-10(7(16)17,6-4-5-6)11(12,13)14/h6H,4-5H2,1-3H3,(H,15,18)(H,16,17). The first-order valence-electron chi connectivity index (χ1n) is 5.71. The van der Waals surface area contributed by atoms with Crippen molar-refractivity contribution in [3.05, 3.63) is 0 Å². The highest BCUT2D eigenvalue weighted by Gasteiger charge is 2.69. The number of alkyl halides is 3. The lowest BCUT2D eigenvalue weighted by Crippen LogP contribution is -2.66. The van der Waals surface area contributed by atoms with Crippen molar-refractivity contribution >= 4 is 12.1 Å². The van der Waals surface area contributed by atoms with Gasteiger partial charge in [0.2, 0.25) is 5.54 Å². The van der Waals surface area contributed by atoms with E-state index in [2.05, 4.69) is 0 Å². The second-order valence-corrected chi connectivity index (χ2v) is 5.51. The summed E-state index contributed by atoms with van der Waals surface area (Å²) in [5.41, 5.74) is -4.28. The third kappa shape index (κ3) is 3.30. The van der Waals surface area contributed by atoms with Crippen molar-refractivity contribution in [2.24, 2.45) is 5.92 Å². The molecule has 110 valence electrons. The Bertz CT molecular complexity index is 384. The Kier molecular flexibility index (Phi) is 3.75. The smallest absolute Gasteiger partial charge is 0.422 e. The highest BCUT2D eigenvalue weighted by atomic mass is 19.4. The molecule has 1 saturated carbocycles. The van der Waals surface area contributed by atoms with E-state index in [1.54, 1.807) is 0 Å². The van der Waals surface area contributed by atoms with Gasteiger partial charge >= 0.3 is 18.2 Å². The lowest BCUT2D eigenvalue weighted by Gasteiger charge is -2.33. The third-order valence-electron chi connectivity index (χ3n) is 2.67. The second kappa shape index (κ2) is 4.57. The molecule has 0 bridgehead atoms. The zero-order valence-corrected chi connectivity index (χ0v) is 10.8. The summed E-state index contributed by atoms with van der Waals surface area (Å²) >= 11 is 0. The van der Waals surface area contributed by atoms with Gasteiger partial charge in [-0.15, -0.1) is 0 Å². The van der Waals surface area contributed by atoms with Crippen LogP contribution in [0, 0.1) is 5.92 Å². The van der Waals surface area contributed by atoms with E-state index in [4.69, 9.17) is 9.84 Å². The largest absolute Gasteiger partial charge is 0.479 e. The number of hydrogen-bond donors (Lipinski definition) is 2. The molecule has 1 aliphatic rings. The number of ether oxygens (including phenoxy) is 1. The molecule has 0 aromatic rings. The fourth-order valence-corrected chi connectivity index (χ4v) is 1.73. The van der Waals surface area contributed by atoms with E-state index in [1.165, 1.54) is 26.1 Å². The lowest BCUT2D eigenvalue weighted by molar-refractivity contribution is -0.213. The third-order valence-corrected chi connectivity index (χ3v) is 2.67. The molecule has 0 aliphatic heterocycles. The Hall–Kier alpha value is -1.47. The van der Waals surface area contributed by atoms with Crippen LogP contribution in [-0.2, 0) is 9.53 Å². The Balaban J connectivity index is 2.99. The molecule has 1 unspecified atom stereocenters. The molecule has 1 aliphatic carbocycles. The number of alkyl carbamates (subject to hydrolysis) is 1.